The number of rotatable bonds is 4. The molecule has 2 aromatic carbocycles. The molecule has 0 bridgehead atoms. The summed E-state index contributed by atoms with van der Waals surface area (Å²) in [6, 6.07) is 17.8. The Labute approximate surface area is 156 Å². The molecule has 25 heavy (non-hydrogen) atoms. The predicted octanol–water partition coefficient (Wildman–Crippen LogP) is 4.80. The van der Waals surface area contributed by atoms with E-state index in [0.29, 0.717) is 23.2 Å². The van der Waals surface area contributed by atoms with Crippen LogP contribution in [0.4, 0.5) is 4.79 Å². The van der Waals surface area contributed by atoms with Crippen LogP contribution in [-0.4, -0.2) is 35.6 Å². The standard InChI is InChI=1S/C19H19ClN2O2S/c1-24-19(23)22-10-11-25-18(22)21-17(15-7-3-2-4-8-15)13-14-6-5-9-16(20)12-14/h2-9,12,17H,10-11,13H2,1H3/b21-18-. The van der Waals surface area contributed by atoms with Crippen molar-refractivity contribution in [1.82, 2.24) is 4.90 Å². The summed E-state index contributed by atoms with van der Waals surface area (Å²) in [6.07, 6.45) is 0.349. The minimum absolute atomic E-state index is 0.0903. The number of nitrogens with zero attached hydrogens (tertiary/aromatic N) is 2. The Kier molecular flexibility index (Phi) is 6.00. The molecule has 0 aromatic heterocycles. The first-order valence-electron chi connectivity index (χ1n) is 8.03. The molecule has 130 valence electrons. The summed E-state index contributed by atoms with van der Waals surface area (Å²) in [5, 5.41) is 1.42. The van der Waals surface area contributed by atoms with Crippen molar-refractivity contribution < 1.29 is 9.53 Å². The molecule has 4 nitrogen and oxygen atoms in total. The normalized spacial score (nSPS) is 16.9. The molecule has 1 fully saturated rings. The van der Waals surface area contributed by atoms with Crippen LogP contribution in [-0.2, 0) is 11.2 Å². The van der Waals surface area contributed by atoms with Gasteiger partial charge in [-0.3, -0.25) is 9.89 Å². The lowest BCUT2D eigenvalue weighted by Gasteiger charge is -2.18. The minimum Gasteiger partial charge on any atom is -0.452 e. The second-order valence-electron chi connectivity index (χ2n) is 5.64. The number of carbonyl (C=O) groups is 1. The van der Waals surface area contributed by atoms with E-state index in [1.807, 2.05) is 42.5 Å². The summed E-state index contributed by atoms with van der Waals surface area (Å²) in [6.45, 7) is 0.620. The van der Waals surface area contributed by atoms with E-state index in [9.17, 15) is 4.79 Å². The molecule has 1 aliphatic heterocycles. The number of benzene rings is 2. The van der Waals surface area contributed by atoms with Crippen molar-refractivity contribution in [3.05, 3.63) is 70.7 Å². The number of hydrogen-bond donors (Lipinski definition) is 0. The van der Waals surface area contributed by atoms with Gasteiger partial charge >= 0.3 is 6.09 Å². The molecule has 0 radical (unpaired) electrons. The van der Waals surface area contributed by atoms with Gasteiger partial charge in [-0.25, -0.2) is 4.79 Å². The molecule has 1 unspecified atom stereocenters. The largest absolute Gasteiger partial charge is 0.452 e. The van der Waals surface area contributed by atoms with Crippen LogP contribution in [0.3, 0.4) is 0 Å². The van der Waals surface area contributed by atoms with Gasteiger partial charge in [-0.2, -0.15) is 0 Å². The molecule has 1 atom stereocenters. The number of aliphatic imine (C=N–C) groups is 1. The molecule has 1 aliphatic rings. The van der Waals surface area contributed by atoms with Crippen LogP contribution in [0.2, 0.25) is 5.02 Å². The number of methoxy groups -OCH3 is 1. The topological polar surface area (TPSA) is 41.9 Å². The Balaban J connectivity index is 1.91. The van der Waals surface area contributed by atoms with E-state index in [2.05, 4.69) is 12.1 Å². The number of amidine groups is 1. The van der Waals surface area contributed by atoms with E-state index >= 15 is 0 Å². The molecule has 1 amide bonds. The van der Waals surface area contributed by atoms with Crippen molar-refractivity contribution in [2.75, 3.05) is 19.4 Å². The maximum absolute atomic E-state index is 11.9. The number of halogens is 1. The second kappa shape index (κ2) is 8.41. The van der Waals surface area contributed by atoms with Gasteiger partial charge in [-0.15, -0.1) is 0 Å². The Hall–Kier alpha value is -1.98. The van der Waals surface area contributed by atoms with Crippen molar-refractivity contribution in [3.63, 3.8) is 0 Å². The van der Waals surface area contributed by atoms with E-state index in [0.717, 1.165) is 16.9 Å². The fourth-order valence-corrected chi connectivity index (χ4v) is 3.91. The Bertz CT molecular complexity index is 767. The third kappa shape index (κ3) is 4.55. The van der Waals surface area contributed by atoms with Crippen LogP contribution >= 0.6 is 23.4 Å². The quantitative estimate of drug-likeness (QED) is 0.772. The maximum atomic E-state index is 11.9. The predicted molar refractivity (Wildman–Crippen MR) is 103 cm³/mol. The number of amides is 1. The average molecular weight is 375 g/mol. The minimum atomic E-state index is -0.363. The fraction of sp³-hybridized carbons (Fsp3) is 0.263. The first-order valence-corrected chi connectivity index (χ1v) is 9.39. The molecule has 1 saturated heterocycles. The van der Waals surface area contributed by atoms with E-state index < -0.39 is 0 Å². The van der Waals surface area contributed by atoms with Gasteiger partial charge in [-0.05, 0) is 29.7 Å². The van der Waals surface area contributed by atoms with Crippen LogP contribution in [0.5, 0.6) is 0 Å². The maximum Gasteiger partial charge on any atom is 0.415 e. The fourth-order valence-electron chi connectivity index (χ4n) is 2.72. The number of carbonyl (C=O) groups excluding carboxylic acids is 1. The zero-order valence-corrected chi connectivity index (χ0v) is 15.5. The lowest BCUT2D eigenvalue weighted by molar-refractivity contribution is 0.149. The molecule has 0 N–H and O–H groups in total. The van der Waals surface area contributed by atoms with Crippen molar-refractivity contribution in [2.24, 2.45) is 4.99 Å². The van der Waals surface area contributed by atoms with Gasteiger partial charge in [0.05, 0.1) is 13.2 Å². The molecule has 2 aromatic rings. The molecule has 1 heterocycles. The molecule has 0 saturated carbocycles. The molecular formula is C19H19ClN2O2S. The van der Waals surface area contributed by atoms with Crippen molar-refractivity contribution in [3.8, 4) is 0 Å². The first kappa shape index (κ1) is 17.8. The van der Waals surface area contributed by atoms with E-state index in [1.165, 1.54) is 7.11 Å². The lowest BCUT2D eigenvalue weighted by Crippen LogP contribution is -2.32. The summed E-state index contributed by atoms with van der Waals surface area (Å²) in [5.41, 5.74) is 2.21. The molecule has 0 aliphatic carbocycles. The van der Waals surface area contributed by atoms with Crippen LogP contribution in [0.1, 0.15) is 17.2 Å². The molecule has 0 spiro atoms. The molecule has 3 rings (SSSR count). The average Bonchev–Trinajstić information content (AvgIpc) is 3.09. The van der Waals surface area contributed by atoms with Gasteiger partial charge in [0.2, 0.25) is 0 Å². The van der Waals surface area contributed by atoms with E-state index in [-0.39, 0.29) is 12.1 Å². The number of ether oxygens (including phenoxy) is 1. The number of thioether (sulfide) groups is 1. The first-order chi connectivity index (χ1) is 12.2. The molecule has 6 heteroatoms. The van der Waals surface area contributed by atoms with Gasteiger partial charge in [0.15, 0.2) is 5.17 Å². The highest BCUT2D eigenvalue weighted by atomic mass is 35.5. The summed E-state index contributed by atoms with van der Waals surface area (Å²) in [7, 11) is 1.39. The molecular weight excluding hydrogens is 356 g/mol. The third-order valence-corrected chi connectivity index (χ3v) is 5.15. The Morgan fingerprint density at radius 2 is 2.08 bits per heavy atom. The van der Waals surface area contributed by atoms with Crippen molar-refractivity contribution >= 4 is 34.6 Å². The summed E-state index contributed by atoms with van der Waals surface area (Å²) in [5.74, 6) is 0.826. The zero-order valence-electron chi connectivity index (χ0n) is 13.9. The highest BCUT2D eigenvalue weighted by Crippen LogP contribution is 2.28. The van der Waals surface area contributed by atoms with Crippen LogP contribution < -0.4 is 0 Å². The van der Waals surface area contributed by atoms with Gasteiger partial charge < -0.3 is 4.74 Å². The Morgan fingerprint density at radius 3 is 2.80 bits per heavy atom. The van der Waals surface area contributed by atoms with Crippen LogP contribution in [0.25, 0.3) is 0 Å². The monoisotopic (exact) mass is 374 g/mol. The smallest absolute Gasteiger partial charge is 0.415 e. The van der Waals surface area contributed by atoms with E-state index in [1.54, 1.807) is 16.7 Å². The summed E-state index contributed by atoms with van der Waals surface area (Å²) < 4.78 is 4.86. The van der Waals surface area contributed by atoms with Crippen molar-refractivity contribution in [1.29, 1.82) is 0 Å². The van der Waals surface area contributed by atoms with Crippen LogP contribution in [0, 0.1) is 0 Å². The SMILES string of the molecule is COC(=O)N1CCS/C1=N\C(Cc1cccc(Cl)c1)c1ccccc1. The van der Waals surface area contributed by atoms with Gasteiger partial charge in [0, 0.05) is 17.3 Å². The number of hydrogen-bond acceptors (Lipinski definition) is 4. The van der Waals surface area contributed by atoms with Gasteiger partial charge in [0.25, 0.3) is 0 Å². The second-order valence-corrected chi connectivity index (χ2v) is 7.14. The zero-order chi connectivity index (χ0) is 17.6. The third-order valence-electron chi connectivity index (χ3n) is 3.94. The lowest BCUT2D eigenvalue weighted by atomic mass is 9.99. The van der Waals surface area contributed by atoms with Gasteiger partial charge in [0.1, 0.15) is 0 Å². The highest BCUT2D eigenvalue weighted by molar-refractivity contribution is 8.14. The Morgan fingerprint density at radius 1 is 1.28 bits per heavy atom. The highest BCUT2D eigenvalue weighted by Gasteiger charge is 2.27. The van der Waals surface area contributed by atoms with E-state index in [4.69, 9.17) is 21.3 Å². The summed E-state index contributed by atoms with van der Waals surface area (Å²) in [4.78, 5) is 18.4. The summed E-state index contributed by atoms with van der Waals surface area (Å²) >= 11 is 7.70. The van der Waals surface area contributed by atoms with Crippen LogP contribution in [0.15, 0.2) is 59.6 Å². The van der Waals surface area contributed by atoms with Gasteiger partial charge in [-0.1, -0.05) is 65.8 Å². The van der Waals surface area contributed by atoms with Crippen molar-refractivity contribution in [2.45, 2.75) is 12.5 Å².